The number of carbonyl (C=O) groups is 1. The predicted molar refractivity (Wildman–Crippen MR) is 155 cm³/mol. The molecular formula is C29H34ClN5O2S. The summed E-state index contributed by atoms with van der Waals surface area (Å²) in [6.07, 6.45) is 2.35. The minimum atomic E-state index is 0.0718. The van der Waals surface area contributed by atoms with Gasteiger partial charge in [-0.1, -0.05) is 54.6 Å². The summed E-state index contributed by atoms with van der Waals surface area (Å²) in [4.78, 5) is 28.8. The second-order valence-electron chi connectivity index (χ2n) is 9.94. The third kappa shape index (κ3) is 6.35. The average Bonchev–Trinajstić information content (AvgIpc) is 2.96. The van der Waals surface area contributed by atoms with E-state index < -0.39 is 0 Å². The van der Waals surface area contributed by atoms with Gasteiger partial charge in [0, 0.05) is 56.7 Å². The molecule has 2 aliphatic rings. The molecule has 0 N–H and O–H groups in total. The number of benzene rings is 2. The van der Waals surface area contributed by atoms with Crippen LogP contribution in [0.1, 0.15) is 35.7 Å². The summed E-state index contributed by atoms with van der Waals surface area (Å²) in [5, 5.41) is 1.15. The second kappa shape index (κ2) is 12.3. The van der Waals surface area contributed by atoms with Crippen LogP contribution in [0.4, 0.5) is 11.5 Å². The first-order valence-corrected chi connectivity index (χ1v) is 14.5. The van der Waals surface area contributed by atoms with Crippen LogP contribution in [0.2, 0.25) is 5.15 Å². The lowest BCUT2D eigenvalue weighted by Crippen LogP contribution is -2.48. The number of anilines is 2. The molecule has 7 nitrogen and oxygen atoms in total. The highest BCUT2D eigenvalue weighted by molar-refractivity contribution is 7.98. The molecule has 0 spiro atoms. The number of carbonyl (C=O) groups excluding carboxylic acids is 1. The van der Waals surface area contributed by atoms with Crippen LogP contribution in [-0.2, 0) is 5.75 Å². The van der Waals surface area contributed by atoms with Crippen LogP contribution in [0.3, 0.4) is 0 Å². The largest absolute Gasteiger partial charge is 0.495 e. The molecule has 1 aromatic heterocycles. The van der Waals surface area contributed by atoms with Gasteiger partial charge in [-0.3, -0.25) is 4.79 Å². The van der Waals surface area contributed by atoms with E-state index in [9.17, 15) is 4.79 Å². The maximum absolute atomic E-state index is 13.1. The van der Waals surface area contributed by atoms with Crippen LogP contribution in [0.5, 0.6) is 5.75 Å². The molecule has 5 rings (SSSR count). The molecule has 3 heterocycles. The first kappa shape index (κ1) is 26.6. The zero-order valence-electron chi connectivity index (χ0n) is 22.0. The standard InChI is InChI=1S/C29H34ClN5O2S/c1-21-11-13-34(14-12-21)27-19-26(30)31-29(32-27)38-20-22-7-9-23(10-8-22)28(36)35-17-15-33(16-18-35)24-5-3-4-6-25(24)37-2/h3-10,19,21H,11-18,20H2,1-2H3. The second-order valence-corrected chi connectivity index (χ2v) is 11.3. The normalized spacial score (nSPS) is 16.6. The topological polar surface area (TPSA) is 61.8 Å². The first-order valence-electron chi connectivity index (χ1n) is 13.2. The Labute approximate surface area is 234 Å². The summed E-state index contributed by atoms with van der Waals surface area (Å²) >= 11 is 7.89. The van der Waals surface area contributed by atoms with Gasteiger partial charge >= 0.3 is 0 Å². The lowest BCUT2D eigenvalue weighted by molar-refractivity contribution is 0.0746. The fourth-order valence-electron chi connectivity index (χ4n) is 4.97. The Kier molecular flexibility index (Phi) is 8.59. The van der Waals surface area contributed by atoms with Crippen LogP contribution in [0.15, 0.2) is 59.8 Å². The quantitative estimate of drug-likeness (QED) is 0.214. The van der Waals surface area contributed by atoms with Crippen LogP contribution in [0, 0.1) is 5.92 Å². The summed E-state index contributed by atoms with van der Waals surface area (Å²) in [6, 6.07) is 17.8. The molecule has 3 aromatic rings. The van der Waals surface area contributed by atoms with Crippen LogP contribution in [-0.4, -0.2) is 67.2 Å². The van der Waals surface area contributed by atoms with E-state index in [0.717, 1.165) is 54.9 Å². The summed E-state index contributed by atoms with van der Waals surface area (Å²) in [6.45, 7) is 7.22. The molecule has 0 atom stereocenters. The van der Waals surface area contributed by atoms with Gasteiger partial charge in [0.2, 0.25) is 0 Å². The molecule has 0 radical (unpaired) electrons. The molecular weight excluding hydrogens is 518 g/mol. The van der Waals surface area contributed by atoms with Crippen LogP contribution >= 0.6 is 23.4 Å². The number of thioether (sulfide) groups is 1. The molecule has 200 valence electrons. The number of rotatable bonds is 7. The summed E-state index contributed by atoms with van der Waals surface area (Å²) < 4.78 is 5.50. The van der Waals surface area contributed by atoms with Crippen molar-refractivity contribution in [1.82, 2.24) is 14.9 Å². The third-order valence-corrected chi connectivity index (χ3v) is 8.44. The number of piperazine rings is 1. The summed E-state index contributed by atoms with van der Waals surface area (Å²) in [5.74, 6) is 3.31. The fourth-order valence-corrected chi connectivity index (χ4v) is 6.00. The number of amides is 1. The van der Waals surface area contributed by atoms with Crippen molar-refractivity contribution in [2.45, 2.75) is 30.7 Å². The Hall–Kier alpha value is -2.97. The summed E-state index contributed by atoms with van der Waals surface area (Å²) in [5.41, 5.74) is 2.90. The number of ether oxygens (including phenoxy) is 1. The minimum Gasteiger partial charge on any atom is -0.495 e. The predicted octanol–water partition coefficient (Wildman–Crippen LogP) is 5.63. The SMILES string of the molecule is COc1ccccc1N1CCN(C(=O)c2ccc(CSc3nc(Cl)cc(N4CCC(C)CC4)n3)cc2)CC1. The number of piperidine rings is 1. The van der Waals surface area contributed by atoms with Gasteiger partial charge in [-0.2, -0.15) is 0 Å². The molecule has 0 aliphatic carbocycles. The molecule has 2 fully saturated rings. The number of methoxy groups -OCH3 is 1. The zero-order valence-corrected chi connectivity index (χ0v) is 23.5. The lowest BCUT2D eigenvalue weighted by atomic mass is 9.99. The first-order chi connectivity index (χ1) is 18.5. The van der Waals surface area contributed by atoms with E-state index in [2.05, 4.69) is 27.8 Å². The molecule has 0 saturated carbocycles. The highest BCUT2D eigenvalue weighted by atomic mass is 35.5. The minimum absolute atomic E-state index is 0.0718. The third-order valence-electron chi connectivity index (χ3n) is 7.33. The van der Waals surface area contributed by atoms with Crippen molar-refractivity contribution in [1.29, 1.82) is 0 Å². The van der Waals surface area contributed by atoms with Crippen molar-refractivity contribution in [2.24, 2.45) is 5.92 Å². The number of hydrogen-bond acceptors (Lipinski definition) is 7. The maximum atomic E-state index is 13.1. The zero-order chi connectivity index (χ0) is 26.5. The van der Waals surface area contributed by atoms with Gasteiger partial charge < -0.3 is 19.4 Å². The average molecular weight is 552 g/mol. The number of hydrogen-bond donors (Lipinski definition) is 0. The van der Waals surface area contributed by atoms with Crippen molar-refractivity contribution >= 4 is 40.8 Å². The summed E-state index contributed by atoms with van der Waals surface area (Å²) in [7, 11) is 1.69. The van der Waals surface area contributed by atoms with Crippen molar-refractivity contribution in [2.75, 3.05) is 56.2 Å². The number of aromatic nitrogens is 2. The van der Waals surface area contributed by atoms with Gasteiger partial charge in [0.25, 0.3) is 5.91 Å². The monoisotopic (exact) mass is 551 g/mol. The van der Waals surface area contributed by atoms with Gasteiger partial charge in [0.1, 0.15) is 16.7 Å². The smallest absolute Gasteiger partial charge is 0.253 e. The van der Waals surface area contributed by atoms with Gasteiger partial charge in [-0.15, -0.1) is 0 Å². The van der Waals surface area contributed by atoms with Gasteiger partial charge in [-0.25, -0.2) is 9.97 Å². The van der Waals surface area contributed by atoms with E-state index in [-0.39, 0.29) is 5.91 Å². The van der Waals surface area contributed by atoms with Gasteiger partial charge in [0.15, 0.2) is 5.16 Å². The van der Waals surface area contributed by atoms with Crippen molar-refractivity contribution in [3.8, 4) is 5.75 Å². The van der Waals surface area contributed by atoms with E-state index >= 15 is 0 Å². The Morgan fingerprint density at radius 1 is 0.974 bits per heavy atom. The molecule has 0 unspecified atom stereocenters. The highest BCUT2D eigenvalue weighted by Gasteiger charge is 2.24. The van der Waals surface area contributed by atoms with Crippen molar-refractivity contribution in [3.63, 3.8) is 0 Å². The fraction of sp³-hybridized carbons (Fsp3) is 0.414. The van der Waals surface area contributed by atoms with Gasteiger partial charge in [-0.05, 0) is 48.6 Å². The molecule has 2 saturated heterocycles. The van der Waals surface area contributed by atoms with E-state index in [1.54, 1.807) is 18.9 Å². The Balaban J connectivity index is 1.15. The van der Waals surface area contributed by atoms with E-state index in [0.29, 0.717) is 34.7 Å². The molecule has 2 aliphatic heterocycles. The van der Waals surface area contributed by atoms with Crippen molar-refractivity contribution in [3.05, 3.63) is 70.9 Å². The Morgan fingerprint density at radius 2 is 1.68 bits per heavy atom. The van der Waals surface area contributed by atoms with E-state index in [1.807, 2.05) is 53.4 Å². The van der Waals surface area contributed by atoms with Gasteiger partial charge in [0.05, 0.1) is 12.8 Å². The van der Waals surface area contributed by atoms with E-state index in [4.69, 9.17) is 21.3 Å². The molecule has 9 heteroatoms. The highest BCUT2D eigenvalue weighted by Crippen LogP contribution is 2.29. The maximum Gasteiger partial charge on any atom is 0.253 e. The van der Waals surface area contributed by atoms with Crippen LogP contribution < -0.4 is 14.5 Å². The molecule has 38 heavy (non-hydrogen) atoms. The van der Waals surface area contributed by atoms with E-state index in [1.165, 1.54) is 12.8 Å². The van der Waals surface area contributed by atoms with Crippen molar-refractivity contribution < 1.29 is 9.53 Å². The van der Waals surface area contributed by atoms with Crippen LogP contribution in [0.25, 0.3) is 0 Å². The number of para-hydroxylation sites is 2. The molecule has 0 bridgehead atoms. The number of halogens is 1. The number of nitrogens with zero attached hydrogens (tertiary/aromatic N) is 5. The lowest BCUT2D eigenvalue weighted by Gasteiger charge is -2.36. The molecule has 2 aromatic carbocycles. The molecule has 1 amide bonds. The Morgan fingerprint density at radius 3 is 2.39 bits per heavy atom. The Bertz CT molecular complexity index is 1240.